The van der Waals surface area contributed by atoms with Crippen LogP contribution in [0.3, 0.4) is 0 Å². The zero-order valence-electron chi connectivity index (χ0n) is 16.3. The zero-order chi connectivity index (χ0) is 23.4. The van der Waals surface area contributed by atoms with E-state index in [4.69, 9.17) is 22.0 Å². The van der Waals surface area contributed by atoms with Crippen molar-refractivity contribution in [3.63, 3.8) is 0 Å². The molecular formula is C16H19N7O7S2. The van der Waals surface area contributed by atoms with E-state index in [-0.39, 0.29) is 53.3 Å². The van der Waals surface area contributed by atoms with Gasteiger partial charge in [-0.2, -0.15) is 0 Å². The number of thiazole rings is 1. The summed E-state index contributed by atoms with van der Waals surface area (Å²) in [4.78, 5) is 58.1. The van der Waals surface area contributed by atoms with Gasteiger partial charge in [-0.1, -0.05) is 5.16 Å². The molecule has 2 aliphatic heterocycles. The van der Waals surface area contributed by atoms with Gasteiger partial charge in [0.1, 0.15) is 36.0 Å². The van der Waals surface area contributed by atoms with Crippen LogP contribution in [-0.4, -0.2) is 81.5 Å². The second-order valence-electron chi connectivity index (χ2n) is 6.36. The Balaban J connectivity index is 1.77. The molecule has 0 aliphatic carbocycles. The summed E-state index contributed by atoms with van der Waals surface area (Å²) in [6.07, 6.45) is -1.07. The lowest BCUT2D eigenvalue weighted by Gasteiger charge is -2.49. The summed E-state index contributed by atoms with van der Waals surface area (Å²) >= 11 is 2.28. The molecule has 1 aromatic rings. The van der Waals surface area contributed by atoms with Crippen molar-refractivity contribution >= 4 is 57.8 Å². The van der Waals surface area contributed by atoms with Crippen LogP contribution in [0.5, 0.6) is 0 Å². The number of nitrogens with two attached hydrogens (primary N) is 3. The molecule has 2 atom stereocenters. The second-order valence-corrected chi connectivity index (χ2v) is 8.35. The number of nitrogens with zero attached hydrogens (tertiary/aromatic N) is 3. The third-order valence-electron chi connectivity index (χ3n) is 4.27. The third-order valence-corrected chi connectivity index (χ3v) is 6.28. The number of rotatable bonds is 9. The number of carbonyl (C=O) groups is 4. The second kappa shape index (κ2) is 9.84. The summed E-state index contributed by atoms with van der Waals surface area (Å²) in [5.41, 5.74) is 15.7. The summed E-state index contributed by atoms with van der Waals surface area (Å²) in [5.74, 6) is -2.62. The number of primary amides is 1. The van der Waals surface area contributed by atoms with Crippen LogP contribution >= 0.6 is 23.1 Å². The molecule has 1 unspecified atom stereocenters. The fraction of sp³-hybridized carbons (Fsp3) is 0.375. The van der Waals surface area contributed by atoms with E-state index in [1.54, 1.807) is 0 Å². The van der Waals surface area contributed by atoms with Crippen LogP contribution in [0.15, 0.2) is 21.8 Å². The van der Waals surface area contributed by atoms with Gasteiger partial charge in [0, 0.05) is 23.3 Å². The first-order chi connectivity index (χ1) is 15.2. The maximum absolute atomic E-state index is 12.8. The van der Waals surface area contributed by atoms with E-state index in [1.807, 2.05) is 0 Å². The van der Waals surface area contributed by atoms with Crippen molar-refractivity contribution in [3.8, 4) is 0 Å². The number of nitrogen functional groups attached to an aromatic ring is 1. The highest BCUT2D eigenvalue weighted by atomic mass is 32.2. The highest BCUT2D eigenvalue weighted by Crippen LogP contribution is 2.40. The van der Waals surface area contributed by atoms with Gasteiger partial charge in [-0.25, -0.2) is 14.6 Å². The van der Waals surface area contributed by atoms with Crippen LogP contribution in [0, 0.1) is 0 Å². The van der Waals surface area contributed by atoms with Crippen molar-refractivity contribution in [2.75, 3.05) is 31.2 Å². The summed E-state index contributed by atoms with van der Waals surface area (Å²) in [6, 6.07) is -1.02. The lowest BCUT2D eigenvalue weighted by atomic mass is 10.0. The standard InChI is InChI=1S/C16H19N7O7S2/c17-1-2-30-22-8(7-5-32-15(18)20-7)11(24)21-9-12(25)23-10(14(26)27)6(3-29-16(19)28)4-31-13(9)23/h5,9,13H,1-4,17H2,(H2,18,20)(H2,19,28)(H,21,24)(H,26,27)/b22-8-/t9?,13-/m1/s1. The smallest absolute Gasteiger partial charge is 0.404 e. The predicted molar refractivity (Wildman–Crippen MR) is 113 cm³/mol. The topological polar surface area (TPSA) is 226 Å². The molecule has 32 heavy (non-hydrogen) atoms. The van der Waals surface area contributed by atoms with Crippen LogP contribution in [-0.2, 0) is 24.0 Å². The Morgan fingerprint density at radius 2 is 2.16 bits per heavy atom. The maximum Gasteiger partial charge on any atom is 0.404 e. The van der Waals surface area contributed by atoms with Gasteiger partial charge in [0.05, 0.1) is 0 Å². The molecule has 172 valence electrons. The van der Waals surface area contributed by atoms with Crippen molar-refractivity contribution in [2.45, 2.75) is 11.4 Å². The summed E-state index contributed by atoms with van der Waals surface area (Å²) < 4.78 is 4.67. The number of carboxylic acid groups (broad SMARTS) is 1. The van der Waals surface area contributed by atoms with Crippen LogP contribution < -0.4 is 22.5 Å². The molecule has 0 radical (unpaired) electrons. The lowest BCUT2D eigenvalue weighted by Crippen LogP contribution is -2.71. The number of carboxylic acids is 1. The van der Waals surface area contributed by atoms with E-state index in [2.05, 4.69) is 20.2 Å². The Hall–Kier alpha value is -3.37. The molecule has 0 bridgehead atoms. The first kappa shape index (κ1) is 23.3. The number of anilines is 1. The highest BCUT2D eigenvalue weighted by Gasteiger charge is 2.54. The SMILES string of the molecule is NCCO/N=C(\C(=O)NC1C(=O)N2C(C(=O)O)=C(COC(N)=O)CS[C@H]12)c1csc(N)n1. The summed E-state index contributed by atoms with van der Waals surface area (Å²) in [5, 5.41) is 16.9. The Morgan fingerprint density at radius 1 is 1.41 bits per heavy atom. The average Bonchev–Trinajstić information content (AvgIpc) is 3.18. The maximum atomic E-state index is 12.8. The Morgan fingerprint density at radius 3 is 2.75 bits per heavy atom. The van der Waals surface area contributed by atoms with E-state index in [0.717, 1.165) is 16.2 Å². The first-order valence-electron chi connectivity index (χ1n) is 8.99. The molecule has 3 amide bonds. The number of hydrogen-bond donors (Lipinski definition) is 5. The molecule has 1 saturated heterocycles. The van der Waals surface area contributed by atoms with Gasteiger partial charge in [-0.05, 0) is 0 Å². The number of carbonyl (C=O) groups excluding carboxylic acids is 3. The van der Waals surface area contributed by atoms with Crippen molar-refractivity contribution in [2.24, 2.45) is 16.6 Å². The predicted octanol–water partition coefficient (Wildman–Crippen LogP) is -1.76. The van der Waals surface area contributed by atoms with E-state index >= 15 is 0 Å². The lowest BCUT2D eigenvalue weighted by molar-refractivity contribution is -0.150. The third kappa shape index (κ3) is 4.76. The van der Waals surface area contributed by atoms with Gasteiger partial charge in [-0.15, -0.1) is 23.1 Å². The zero-order valence-corrected chi connectivity index (χ0v) is 18.0. The summed E-state index contributed by atoms with van der Waals surface area (Å²) in [7, 11) is 0. The fourth-order valence-electron chi connectivity index (χ4n) is 2.93. The van der Waals surface area contributed by atoms with Crippen LogP contribution in [0.4, 0.5) is 9.93 Å². The van der Waals surface area contributed by atoms with Crippen molar-refractivity contribution < 1.29 is 33.9 Å². The normalized spacial score (nSPS) is 20.3. The molecule has 1 fully saturated rings. The van der Waals surface area contributed by atoms with Gasteiger partial charge in [0.25, 0.3) is 11.8 Å². The van der Waals surface area contributed by atoms with Gasteiger partial charge >= 0.3 is 12.1 Å². The van der Waals surface area contributed by atoms with E-state index in [9.17, 15) is 24.3 Å². The van der Waals surface area contributed by atoms with Gasteiger partial charge < -0.3 is 37.2 Å². The minimum absolute atomic E-state index is 0.0495. The number of aromatic nitrogens is 1. The number of hydrogen-bond acceptors (Lipinski definition) is 12. The Kier molecular flexibility index (Phi) is 7.16. The Bertz CT molecular complexity index is 1010. The van der Waals surface area contributed by atoms with Gasteiger partial charge in [0.15, 0.2) is 10.8 Å². The van der Waals surface area contributed by atoms with Gasteiger partial charge in [-0.3, -0.25) is 14.5 Å². The quantitative estimate of drug-likeness (QED) is 0.114. The number of thioether (sulfide) groups is 1. The highest BCUT2D eigenvalue weighted by molar-refractivity contribution is 8.00. The van der Waals surface area contributed by atoms with Crippen molar-refractivity contribution in [1.29, 1.82) is 0 Å². The molecular weight excluding hydrogens is 466 g/mol. The largest absolute Gasteiger partial charge is 0.477 e. The van der Waals surface area contributed by atoms with Crippen molar-refractivity contribution in [1.82, 2.24) is 15.2 Å². The van der Waals surface area contributed by atoms with Crippen LogP contribution in [0.1, 0.15) is 5.69 Å². The molecule has 0 spiro atoms. The number of aliphatic carboxylic acids is 1. The number of oxime groups is 1. The minimum Gasteiger partial charge on any atom is -0.477 e. The van der Waals surface area contributed by atoms with Crippen LogP contribution in [0.2, 0.25) is 0 Å². The average molecular weight is 486 g/mol. The molecule has 3 heterocycles. The van der Waals surface area contributed by atoms with E-state index in [1.165, 1.54) is 17.1 Å². The molecule has 16 heteroatoms. The van der Waals surface area contributed by atoms with Gasteiger partial charge in [0.2, 0.25) is 0 Å². The molecule has 0 saturated carbocycles. The van der Waals surface area contributed by atoms with Crippen LogP contribution in [0.25, 0.3) is 0 Å². The van der Waals surface area contributed by atoms with E-state index < -0.39 is 35.3 Å². The molecule has 1 aromatic heterocycles. The molecule has 3 rings (SSSR count). The Labute approximate surface area is 188 Å². The molecule has 0 aromatic carbocycles. The summed E-state index contributed by atoms with van der Waals surface area (Å²) in [6.45, 7) is -0.148. The van der Waals surface area contributed by atoms with Crippen molar-refractivity contribution in [3.05, 3.63) is 22.3 Å². The molecule has 14 nitrogen and oxygen atoms in total. The fourth-order valence-corrected chi connectivity index (χ4v) is 4.80. The minimum atomic E-state index is -1.37. The number of fused-ring (bicyclic) bond motifs is 1. The molecule has 8 N–H and O–H groups in total. The molecule has 2 aliphatic rings. The number of nitrogens with one attached hydrogen (secondary N) is 1. The first-order valence-corrected chi connectivity index (χ1v) is 10.9. The number of ether oxygens (including phenoxy) is 1. The number of β-lactam (4-membered cyclic amide) rings is 1. The van der Waals surface area contributed by atoms with E-state index in [0.29, 0.717) is 0 Å². The monoisotopic (exact) mass is 485 g/mol. The number of amides is 3.